The molecular weight excluding hydrogens is 198 g/mol. The van der Waals surface area contributed by atoms with Crippen LogP contribution in [0.2, 0.25) is 0 Å². The second kappa shape index (κ2) is 8.25. The number of pyridine rings is 1. The van der Waals surface area contributed by atoms with Crippen LogP contribution < -0.4 is 5.32 Å². The van der Waals surface area contributed by atoms with E-state index in [0.29, 0.717) is 0 Å². The third-order valence-electron chi connectivity index (χ3n) is 2.80. The summed E-state index contributed by atoms with van der Waals surface area (Å²) in [7, 11) is 0. The van der Waals surface area contributed by atoms with Crippen LogP contribution in [-0.2, 0) is 6.54 Å². The van der Waals surface area contributed by atoms with Crippen molar-refractivity contribution >= 4 is 0 Å². The molecule has 0 aliphatic rings. The van der Waals surface area contributed by atoms with Gasteiger partial charge in [-0.15, -0.1) is 0 Å². The molecule has 0 unspecified atom stereocenters. The van der Waals surface area contributed by atoms with E-state index < -0.39 is 0 Å². The summed E-state index contributed by atoms with van der Waals surface area (Å²) >= 11 is 0. The van der Waals surface area contributed by atoms with E-state index in [2.05, 4.69) is 41.2 Å². The van der Waals surface area contributed by atoms with Gasteiger partial charge in [-0.3, -0.25) is 4.98 Å². The lowest BCUT2D eigenvalue weighted by molar-refractivity contribution is 0.298. The predicted molar refractivity (Wildman–Crippen MR) is 68.3 cm³/mol. The van der Waals surface area contributed by atoms with E-state index >= 15 is 0 Å². The predicted octanol–water partition coefficient (Wildman–Crippen LogP) is 1.90. The van der Waals surface area contributed by atoms with E-state index in [0.717, 1.165) is 26.2 Å². The maximum atomic E-state index is 4.00. The zero-order valence-electron chi connectivity index (χ0n) is 10.4. The minimum absolute atomic E-state index is 0.945. The van der Waals surface area contributed by atoms with E-state index in [1.165, 1.54) is 18.5 Å². The van der Waals surface area contributed by atoms with Crippen molar-refractivity contribution in [1.29, 1.82) is 0 Å². The molecule has 1 heterocycles. The Kier molecular flexibility index (Phi) is 6.77. The summed E-state index contributed by atoms with van der Waals surface area (Å²) in [5.74, 6) is 0. The van der Waals surface area contributed by atoms with Gasteiger partial charge in [-0.1, -0.05) is 13.8 Å². The second-order valence-corrected chi connectivity index (χ2v) is 3.91. The summed E-state index contributed by atoms with van der Waals surface area (Å²) in [6, 6.07) is 4.11. The summed E-state index contributed by atoms with van der Waals surface area (Å²) in [5.41, 5.74) is 1.30. The van der Waals surface area contributed by atoms with E-state index in [1.807, 2.05) is 12.4 Å². The van der Waals surface area contributed by atoms with Crippen LogP contribution in [0.3, 0.4) is 0 Å². The van der Waals surface area contributed by atoms with Gasteiger partial charge in [-0.25, -0.2) is 0 Å². The molecular formula is C13H23N3. The zero-order valence-corrected chi connectivity index (χ0v) is 10.4. The molecule has 0 saturated carbocycles. The molecule has 1 aromatic heterocycles. The number of hydrogen-bond acceptors (Lipinski definition) is 3. The Hall–Kier alpha value is -0.930. The van der Waals surface area contributed by atoms with E-state index in [1.54, 1.807) is 0 Å². The Morgan fingerprint density at radius 3 is 2.50 bits per heavy atom. The smallest absolute Gasteiger partial charge is 0.0271 e. The molecule has 1 aromatic rings. The van der Waals surface area contributed by atoms with Gasteiger partial charge in [0.1, 0.15) is 0 Å². The van der Waals surface area contributed by atoms with Gasteiger partial charge >= 0.3 is 0 Å². The van der Waals surface area contributed by atoms with Gasteiger partial charge in [0.25, 0.3) is 0 Å². The first kappa shape index (κ1) is 13.1. The van der Waals surface area contributed by atoms with Gasteiger partial charge in [-0.05, 0) is 50.3 Å². The van der Waals surface area contributed by atoms with Crippen LogP contribution >= 0.6 is 0 Å². The summed E-state index contributed by atoms with van der Waals surface area (Å²) in [6.45, 7) is 9.96. The first-order chi connectivity index (χ1) is 7.86. The lowest BCUT2D eigenvalue weighted by Crippen LogP contribution is -2.27. The SMILES string of the molecule is CCN(CC)CCCNCc1ccncc1. The minimum atomic E-state index is 0.945. The molecule has 16 heavy (non-hydrogen) atoms. The van der Waals surface area contributed by atoms with Gasteiger partial charge in [0.05, 0.1) is 0 Å². The number of nitrogens with one attached hydrogen (secondary N) is 1. The minimum Gasteiger partial charge on any atom is -0.313 e. The lowest BCUT2D eigenvalue weighted by atomic mass is 10.2. The van der Waals surface area contributed by atoms with Gasteiger partial charge in [0.2, 0.25) is 0 Å². The maximum absolute atomic E-state index is 4.00. The second-order valence-electron chi connectivity index (χ2n) is 3.91. The molecule has 90 valence electrons. The van der Waals surface area contributed by atoms with Crippen LogP contribution in [0.4, 0.5) is 0 Å². The fourth-order valence-corrected chi connectivity index (χ4v) is 1.70. The van der Waals surface area contributed by atoms with Crippen molar-refractivity contribution in [1.82, 2.24) is 15.2 Å². The average Bonchev–Trinajstić information content (AvgIpc) is 2.35. The molecule has 0 amide bonds. The van der Waals surface area contributed by atoms with Crippen LogP contribution in [0.25, 0.3) is 0 Å². The molecule has 0 spiro atoms. The van der Waals surface area contributed by atoms with Crippen molar-refractivity contribution in [2.24, 2.45) is 0 Å². The Balaban J connectivity index is 2.04. The molecule has 0 aromatic carbocycles. The molecule has 1 N–H and O–H groups in total. The van der Waals surface area contributed by atoms with Crippen LogP contribution in [0.5, 0.6) is 0 Å². The Bertz CT molecular complexity index is 257. The highest BCUT2D eigenvalue weighted by molar-refractivity contribution is 5.08. The number of hydrogen-bond donors (Lipinski definition) is 1. The fraction of sp³-hybridized carbons (Fsp3) is 0.615. The molecule has 0 radical (unpaired) electrons. The molecule has 0 fully saturated rings. The topological polar surface area (TPSA) is 28.2 Å². The Morgan fingerprint density at radius 1 is 1.19 bits per heavy atom. The highest BCUT2D eigenvalue weighted by Gasteiger charge is 1.97. The molecule has 0 saturated heterocycles. The third-order valence-corrected chi connectivity index (χ3v) is 2.80. The molecule has 0 atom stereocenters. The summed E-state index contributed by atoms with van der Waals surface area (Å²) in [5, 5.41) is 3.45. The average molecular weight is 221 g/mol. The Labute approximate surface area is 98.9 Å². The van der Waals surface area contributed by atoms with Crippen molar-refractivity contribution in [2.75, 3.05) is 26.2 Å². The van der Waals surface area contributed by atoms with Crippen LogP contribution in [0.1, 0.15) is 25.8 Å². The molecule has 0 aliphatic heterocycles. The van der Waals surface area contributed by atoms with E-state index in [-0.39, 0.29) is 0 Å². The molecule has 3 heteroatoms. The Morgan fingerprint density at radius 2 is 1.88 bits per heavy atom. The first-order valence-electron chi connectivity index (χ1n) is 6.18. The molecule has 3 nitrogen and oxygen atoms in total. The highest BCUT2D eigenvalue weighted by atomic mass is 15.1. The normalized spacial score (nSPS) is 10.9. The first-order valence-corrected chi connectivity index (χ1v) is 6.18. The van der Waals surface area contributed by atoms with Gasteiger partial charge < -0.3 is 10.2 Å². The summed E-state index contributed by atoms with van der Waals surface area (Å²) < 4.78 is 0. The molecule has 0 aliphatic carbocycles. The van der Waals surface area contributed by atoms with Crippen LogP contribution in [0.15, 0.2) is 24.5 Å². The summed E-state index contributed by atoms with van der Waals surface area (Å²) in [6.07, 6.45) is 4.90. The number of nitrogens with zero attached hydrogens (tertiary/aromatic N) is 2. The fourth-order valence-electron chi connectivity index (χ4n) is 1.70. The van der Waals surface area contributed by atoms with Gasteiger partial charge in [-0.2, -0.15) is 0 Å². The van der Waals surface area contributed by atoms with E-state index in [9.17, 15) is 0 Å². The quantitative estimate of drug-likeness (QED) is 0.680. The van der Waals surface area contributed by atoms with Crippen molar-refractivity contribution in [3.63, 3.8) is 0 Å². The van der Waals surface area contributed by atoms with Crippen molar-refractivity contribution in [3.05, 3.63) is 30.1 Å². The van der Waals surface area contributed by atoms with Crippen LogP contribution in [0, 0.1) is 0 Å². The number of aromatic nitrogens is 1. The van der Waals surface area contributed by atoms with Gasteiger partial charge in [0.15, 0.2) is 0 Å². The van der Waals surface area contributed by atoms with Gasteiger partial charge in [0, 0.05) is 18.9 Å². The standard InChI is InChI=1S/C13H23N3/c1-3-16(4-2)11-5-8-15-12-13-6-9-14-10-7-13/h6-7,9-10,15H,3-5,8,11-12H2,1-2H3. The largest absolute Gasteiger partial charge is 0.313 e. The maximum Gasteiger partial charge on any atom is 0.0271 e. The summed E-state index contributed by atoms with van der Waals surface area (Å²) in [4.78, 5) is 6.45. The van der Waals surface area contributed by atoms with E-state index in [4.69, 9.17) is 0 Å². The van der Waals surface area contributed by atoms with Crippen molar-refractivity contribution in [2.45, 2.75) is 26.8 Å². The third kappa shape index (κ3) is 5.24. The molecule has 1 rings (SSSR count). The zero-order chi connectivity index (χ0) is 11.6. The van der Waals surface area contributed by atoms with Crippen LogP contribution in [-0.4, -0.2) is 36.1 Å². The monoisotopic (exact) mass is 221 g/mol. The van der Waals surface area contributed by atoms with Crippen molar-refractivity contribution in [3.8, 4) is 0 Å². The lowest BCUT2D eigenvalue weighted by Gasteiger charge is -2.17. The molecule has 0 bridgehead atoms. The highest BCUT2D eigenvalue weighted by Crippen LogP contribution is 1.95. The number of rotatable bonds is 8. The van der Waals surface area contributed by atoms with Crippen molar-refractivity contribution < 1.29 is 0 Å².